The first-order chi connectivity index (χ1) is 11.3. The van der Waals surface area contributed by atoms with Crippen molar-refractivity contribution in [2.75, 3.05) is 6.26 Å². The second kappa shape index (κ2) is 7.25. The SMILES string of the molecule is CC=C(SC)c1ccc(-c2ccc(-c3ccccc3)nc2)cn1. The lowest BCUT2D eigenvalue weighted by atomic mass is 10.1. The average Bonchev–Trinajstić information content (AvgIpc) is 2.64. The summed E-state index contributed by atoms with van der Waals surface area (Å²) in [7, 11) is 0. The van der Waals surface area contributed by atoms with Gasteiger partial charge in [-0.05, 0) is 25.3 Å². The smallest absolute Gasteiger partial charge is 0.0762 e. The maximum Gasteiger partial charge on any atom is 0.0762 e. The Balaban J connectivity index is 1.85. The molecule has 0 bridgehead atoms. The van der Waals surface area contributed by atoms with Gasteiger partial charge in [0, 0.05) is 34.0 Å². The summed E-state index contributed by atoms with van der Waals surface area (Å²) in [5, 5.41) is 0. The van der Waals surface area contributed by atoms with Gasteiger partial charge in [0.1, 0.15) is 0 Å². The molecule has 2 nitrogen and oxygen atoms in total. The third-order valence-electron chi connectivity index (χ3n) is 3.66. The van der Waals surface area contributed by atoms with Crippen LogP contribution in [0.3, 0.4) is 0 Å². The van der Waals surface area contributed by atoms with Crippen LogP contribution in [0.4, 0.5) is 0 Å². The molecule has 0 aliphatic carbocycles. The lowest BCUT2D eigenvalue weighted by Gasteiger charge is -2.06. The quantitative estimate of drug-likeness (QED) is 0.632. The normalized spacial score (nSPS) is 11.5. The first-order valence-electron chi connectivity index (χ1n) is 7.50. The van der Waals surface area contributed by atoms with E-state index in [9.17, 15) is 0 Å². The lowest BCUT2D eigenvalue weighted by Crippen LogP contribution is -1.88. The summed E-state index contributed by atoms with van der Waals surface area (Å²) in [6.07, 6.45) is 7.97. The van der Waals surface area contributed by atoms with Crippen LogP contribution in [0.15, 0.2) is 73.1 Å². The molecule has 0 aliphatic heterocycles. The molecule has 0 saturated carbocycles. The summed E-state index contributed by atoms with van der Waals surface area (Å²) in [5.41, 5.74) is 5.28. The maximum atomic E-state index is 4.57. The molecule has 2 aromatic heterocycles. The van der Waals surface area contributed by atoms with Crippen molar-refractivity contribution in [3.63, 3.8) is 0 Å². The number of allylic oxidation sites excluding steroid dienone is 1. The molecule has 3 rings (SSSR count). The molecule has 3 heteroatoms. The molecule has 0 fully saturated rings. The van der Waals surface area contributed by atoms with E-state index in [0.717, 1.165) is 28.1 Å². The summed E-state index contributed by atoms with van der Waals surface area (Å²) >= 11 is 1.71. The van der Waals surface area contributed by atoms with Crippen LogP contribution in [0.25, 0.3) is 27.3 Å². The lowest BCUT2D eigenvalue weighted by molar-refractivity contribution is 1.27. The molecule has 0 amide bonds. The van der Waals surface area contributed by atoms with Gasteiger partial charge in [0.15, 0.2) is 0 Å². The van der Waals surface area contributed by atoms with E-state index in [0.29, 0.717) is 0 Å². The van der Waals surface area contributed by atoms with Crippen LogP contribution in [0, 0.1) is 0 Å². The fourth-order valence-corrected chi connectivity index (χ4v) is 2.99. The molecule has 0 unspecified atom stereocenters. The molecule has 1 aromatic carbocycles. The fourth-order valence-electron chi connectivity index (χ4n) is 2.42. The second-order valence-corrected chi connectivity index (χ2v) is 5.94. The number of hydrogen-bond donors (Lipinski definition) is 0. The Hall–Kier alpha value is -2.39. The van der Waals surface area contributed by atoms with Crippen LogP contribution in [0.5, 0.6) is 0 Å². The largest absolute Gasteiger partial charge is 0.256 e. The molecule has 0 saturated heterocycles. The Bertz CT molecular complexity index is 791. The van der Waals surface area contributed by atoms with Crippen LogP contribution in [-0.2, 0) is 0 Å². The predicted octanol–water partition coefficient (Wildman–Crippen LogP) is 5.53. The van der Waals surface area contributed by atoms with Crippen LogP contribution in [0.1, 0.15) is 12.6 Å². The van der Waals surface area contributed by atoms with E-state index in [1.807, 2.05) is 37.5 Å². The van der Waals surface area contributed by atoms with E-state index < -0.39 is 0 Å². The first kappa shape index (κ1) is 15.5. The number of hydrogen-bond acceptors (Lipinski definition) is 3. The zero-order chi connectivity index (χ0) is 16.1. The second-order valence-electron chi connectivity index (χ2n) is 5.09. The van der Waals surface area contributed by atoms with Gasteiger partial charge < -0.3 is 0 Å². The van der Waals surface area contributed by atoms with Crippen LogP contribution < -0.4 is 0 Å². The van der Waals surface area contributed by atoms with E-state index in [1.54, 1.807) is 11.8 Å². The Morgan fingerprint density at radius 1 is 0.826 bits per heavy atom. The molecule has 0 radical (unpaired) electrons. The first-order valence-corrected chi connectivity index (χ1v) is 8.73. The van der Waals surface area contributed by atoms with Crippen LogP contribution in [-0.4, -0.2) is 16.2 Å². The van der Waals surface area contributed by atoms with Crippen molar-refractivity contribution in [2.45, 2.75) is 6.92 Å². The van der Waals surface area contributed by atoms with Crippen molar-refractivity contribution < 1.29 is 0 Å². The minimum Gasteiger partial charge on any atom is -0.256 e. The predicted molar refractivity (Wildman–Crippen MR) is 100 cm³/mol. The third kappa shape index (κ3) is 3.51. The highest BCUT2D eigenvalue weighted by Crippen LogP contribution is 2.26. The molecule has 23 heavy (non-hydrogen) atoms. The highest BCUT2D eigenvalue weighted by atomic mass is 32.2. The summed E-state index contributed by atoms with van der Waals surface area (Å²) in [4.78, 5) is 10.3. The number of nitrogens with zero attached hydrogens (tertiary/aromatic N) is 2. The topological polar surface area (TPSA) is 25.8 Å². The zero-order valence-electron chi connectivity index (χ0n) is 13.2. The highest BCUT2D eigenvalue weighted by molar-refractivity contribution is 8.07. The van der Waals surface area contributed by atoms with E-state index in [-0.39, 0.29) is 0 Å². The van der Waals surface area contributed by atoms with Crippen molar-refractivity contribution in [3.05, 3.63) is 78.8 Å². The van der Waals surface area contributed by atoms with Crippen LogP contribution >= 0.6 is 11.8 Å². The highest BCUT2D eigenvalue weighted by Gasteiger charge is 2.04. The summed E-state index contributed by atoms with van der Waals surface area (Å²) in [6, 6.07) is 18.5. The maximum absolute atomic E-state index is 4.57. The van der Waals surface area contributed by atoms with Gasteiger partial charge in [-0.15, -0.1) is 11.8 Å². The fraction of sp³-hybridized carbons (Fsp3) is 0.100. The van der Waals surface area contributed by atoms with Crippen molar-refractivity contribution in [3.8, 4) is 22.4 Å². The summed E-state index contributed by atoms with van der Waals surface area (Å²) in [5.74, 6) is 0. The molecular weight excluding hydrogens is 300 g/mol. The van der Waals surface area contributed by atoms with Gasteiger partial charge in [-0.25, -0.2) is 0 Å². The van der Waals surface area contributed by atoms with Gasteiger partial charge in [-0.3, -0.25) is 9.97 Å². The van der Waals surface area contributed by atoms with Gasteiger partial charge in [0.25, 0.3) is 0 Å². The summed E-state index contributed by atoms with van der Waals surface area (Å²) in [6.45, 7) is 2.04. The molecular formula is C20H18N2S. The molecule has 3 aromatic rings. The number of aromatic nitrogens is 2. The monoisotopic (exact) mass is 318 g/mol. The van der Waals surface area contributed by atoms with Crippen LogP contribution in [0.2, 0.25) is 0 Å². The summed E-state index contributed by atoms with van der Waals surface area (Å²) < 4.78 is 0. The van der Waals surface area contributed by atoms with Gasteiger partial charge in [-0.2, -0.15) is 0 Å². The molecule has 2 heterocycles. The van der Waals surface area contributed by atoms with Gasteiger partial charge in [-0.1, -0.05) is 48.5 Å². The van der Waals surface area contributed by atoms with Crippen molar-refractivity contribution in [1.82, 2.24) is 9.97 Å². The molecule has 0 spiro atoms. The minimum absolute atomic E-state index is 0.984. The van der Waals surface area contributed by atoms with Gasteiger partial charge in [0.2, 0.25) is 0 Å². The number of pyridine rings is 2. The average molecular weight is 318 g/mol. The number of rotatable bonds is 4. The Labute approximate surface area is 141 Å². The van der Waals surface area contributed by atoms with Crippen molar-refractivity contribution in [1.29, 1.82) is 0 Å². The molecule has 114 valence electrons. The van der Waals surface area contributed by atoms with Crippen molar-refractivity contribution in [2.24, 2.45) is 0 Å². The van der Waals surface area contributed by atoms with E-state index >= 15 is 0 Å². The molecule has 0 N–H and O–H groups in total. The van der Waals surface area contributed by atoms with Gasteiger partial charge in [0.05, 0.1) is 11.4 Å². The van der Waals surface area contributed by atoms with E-state index in [1.165, 1.54) is 4.91 Å². The Morgan fingerprint density at radius 3 is 2.04 bits per heavy atom. The zero-order valence-corrected chi connectivity index (χ0v) is 14.0. The minimum atomic E-state index is 0.984. The number of thioether (sulfide) groups is 1. The standard InChI is InChI=1S/C20H18N2S/c1-3-20(23-2)19-12-10-17(14-22-19)16-9-11-18(21-13-16)15-7-5-4-6-8-15/h3-14H,1-2H3. The van der Waals surface area contributed by atoms with E-state index in [4.69, 9.17) is 0 Å². The Morgan fingerprint density at radius 2 is 1.52 bits per heavy atom. The Kier molecular flexibility index (Phi) is 4.89. The van der Waals surface area contributed by atoms with Gasteiger partial charge >= 0.3 is 0 Å². The third-order valence-corrected chi connectivity index (χ3v) is 4.55. The van der Waals surface area contributed by atoms with Crippen molar-refractivity contribution >= 4 is 16.7 Å². The molecule has 0 aliphatic rings. The van der Waals surface area contributed by atoms with E-state index in [2.05, 4.69) is 58.7 Å². The number of benzene rings is 1. The molecule has 0 atom stereocenters.